The molecule has 0 saturated heterocycles. The smallest absolute Gasteiger partial charge is 0.302 e. The van der Waals surface area contributed by atoms with E-state index in [1.54, 1.807) is 32.9 Å². The zero-order valence-electron chi connectivity index (χ0n) is 23.1. The molecule has 202 valence electrons. The van der Waals surface area contributed by atoms with E-state index in [1.165, 1.54) is 6.92 Å². The van der Waals surface area contributed by atoms with Crippen LogP contribution in [-0.2, 0) is 14.3 Å². The van der Waals surface area contributed by atoms with Crippen LogP contribution < -0.4 is 0 Å². The van der Waals surface area contributed by atoms with E-state index < -0.39 is 23.4 Å². The maximum atomic E-state index is 12.1. The number of aliphatic hydroxyl groups excluding tert-OH is 1. The molecular weight excluding hydrogens is 456 g/mol. The summed E-state index contributed by atoms with van der Waals surface area (Å²) in [7, 11) is 0. The van der Waals surface area contributed by atoms with Crippen molar-refractivity contribution in [1.29, 1.82) is 0 Å². The van der Waals surface area contributed by atoms with Gasteiger partial charge < -0.3 is 20.1 Å². The summed E-state index contributed by atoms with van der Waals surface area (Å²) >= 11 is 0. The molecule has 6 heteroatoms. The molecule has 0 aliphatic heterocycles. The van der Waals surface area contributed by atoms with Crippen molar-refractivity contribution in [3.63, 3.8) is 0 Å². The minimum atomic E-state index is -1.42. The van der Waals surface area contributed by atoms with Crippen molar-refractivity contribution in [2.24, 2.45) is 40.4 Å². The molecule has 3 fully saturated rings. The Balaban J connectivity index is 1.61. The molecule has 0 aromatic rings. The fourth-order valence-electron chi connectivity index (χ4n) is 8.52. The monoisotopic (exact) mass is 502 g/mol. The first-order valence-electron chi connectivity index (χ1n) is 13.8. The number of rotatable bonds is 6. The maximum absolute atomic E-state index is 12.1. The average molecular weight is 503 g/mol. The highest BCUT2D eigenvalue weighted by Gasteiger charge is 2.62. The largest absolute Gasteiger partial charge is 0.462 e. The van der Waals surface area contributed by atoms with Gasteiger partial charge in [0.2, 0.25) is 0 Å². The Labute approximate surface area is 216 Å². The van der Waals surface area contributed by atoms with Crippen molar-refractivity contribution >= 4 is 11.8 Å². The molecular formula is C30H46O6. The van der Waals surface area contributed by atoms with Gasteiger partial charge in [-0.15, -0.1) is 0 Å². The molecule has 0 radical (unpaired) electrons. The second kappa shape index (κ2) is 9.06. The molecule has 36 heavy (non-hydrogen) atoms. The Morgan fingerprint density at radius 2 is 1.83 bits per heavy atom. The summed E-state index contributed by atoms with van der Waals surface area (Å²) in [6.45, 7) is 12.9. The highest BCUT2D eigenvalue weighted by molar-refractivity contribution is 6.01. The summed E-state index contributed by atoms with van der Waals surface area (Å²) in [5, 5.41) is 33.0. The zero-order valence-corrected chi connectivity index (χ0v) is 23.1. The number of ketones is 1. The molecule has 0 amide bonds. The molecule has 6 nitrogen and oxygen atoms in total. The van der Waals surface area contributed by atoms with Gasteiger partial charge in [0.05, 0.1) is 17.3 Å². The minimum absolute atomic E-state index is 0.00625. The lowest BCUT2D eigenvalue weighted by Gasteiger charge is -2.59. The number of aliphatic hydroxyl groups is 3. The molecule has 0 aromatic heterocycles. The van der Waals surface area contributed by atoms with Gasteiger partial charge in [0, 0.05) is 18.8 Å². The molecule has 4 aliphatic rings. The zero-order chi connectivity index (χ0) is 26.8. The van der Waals surface area contributed by atoms with E-state index in [-0.39, 0.29) is 46.8 Å². The summed E-state index contributed by atoms with van der Waals surface area (Å²) in [5.74, 6) is 0.698. The fraction of sp³-hybridized carbons (Fsp3) is 0.800. The van der Waals surface area contributed by atoms with Crippen molar-refractivity contribution in [1.82, 2.24) is 0 Å². The molecule has 10 atom stereocenters. The predicted octanol–water partition coefficient (Wildman–Crippen LogP) is 4.36. The van der Waals surface area contributed by atoms with Crippen LogP contribution in [0.1, 0.15) is 87.0 Å². The van der Waals surface area contributed by atoms with Gasteiger partial charge in [-0.25, -0.2) is 0 Å². The second-order valence-corrected chi connectivity index (χ2v) is 13.5. The Bertz CT molecular complexity index is 957. The van der Waals surface area contributed by atoms with E-state index in [4.69, 9.17) is 4.74 Å². The standard InChI is InChI=1S/C30H46O6/c1-17(25(36-18(2)31)16-30(7,35)27(3,4)34)21-8-9-22-26-23(11-13-29(21,22)6)28(5)12-10-20(32)14-19(28)15-24(26)33/h10,12,14,17,21-26,33-35H,8-9,11,13,15-16H2,1-7H3. The third-order valence-electron chi connectivity index (χ3n) is 11.1. The van der Waals surface area contributed by atoms with Gasteiger partial charge in [-0.1, -0.05) is 32.4 Å². The van der Waals surface area contributed by atoms with Gasteiger partial charge in [0.1, 0.15) is 6.10 Å². The molecule has 0 aromatic carbocycles. The lowest BCUT2D eigenvalue weighted by Crippen LogP contribution is -2.56. The highest BCUT2D eigenvalue weighted by Crippen LogP contribution is 2.67. The van der Waals surface area contributed by atoms with Crippen LogP contribution in [0.25, 0.3) is 0 Å². The van der Waals surface area contributed by atoms with Gasteiger partial charge >= 0.3 is 5.97 Å². The summed E-state index contributed by atoms with van der Waals surface area (Å²) in [6, 6.07) is 0. The average Bonchev–Trinajstić information content (AvgIpc) is 3.10. The number of allylic oxidation sites excluding steroid dienone is 3. The maximum Gasteiger partial charge on any atom is 0.302 e. The van der Waals surface area contributed by atoms with E-state index in [0.717, 1.165) is 31.3 Å². The lowest BCUT2D eigenvalue weighted by atomic mass is 9.46. The first-order chi connectivity index (χ1) is 16.5. The number of hydrogen-bond acceptors (Lipinski definition) is 6. The van der Waals surface area contributed by atoms with Gasteiger partial charge in [0.25, 0.3) is 0 Å². The van der Waals surface area contributed by atoms with Crippen LogP contribution in [0, 0.1) is 40.4 Å². The molecule has 3 saturated carbocycles. The Morgan fingerprint density at radius 1 is 1.17 bits per heavy atom. The molecule has 10 unspecified atom stereocenters. The second-order valence-electron chi connectivity index (χ2n) is 13.5. The number of carbonyl (C=O) groups is 2. The van der Waals surface area contributed by atoms with Crippen molar-refractivity contribution in [3.05, 3.63) is 23.8 Å². The van der Waals surface area contributed by atoms with E-state index >= 15 is 0 Å². The molecule has 0 bridgehead atoms. The molecule has 3 N–H and O–H groups in total. The molecule has 4 rings (SSSR count). The number of fused-ring (bicyclic) bond motifs is 5. The van der Waals surface area contributed by atoms with Crippen LogP contribution in [-0.4, -0.2) is 50.5 Å². The SMILES string of the molecule is CC(=O)OC(CC(C)(O)C(C)(C)O)C(C)C1CCC2C3C(O)CC4=CC(=O)C=CC4(C)C3CCC12C. The first kappa shape index (κ1) is 27.5. The van der Waals surface area contributed by atoms with Gasteiger partial charge in [-0.2, -0.15) is 0 Å². The topological polar surface area (TPSA) is 104 Å². The van der Waals surface area contributed by atoms with Crippen molar-refractivity contribution < 1.29 is 29.6 Å². The number of hydrogen-bond donors (Lipinski definition) is 3. The van der Waals surface area contributed by atoms with Gasteiger partial charge in [-0.3, -0.25) is 9.59 Å². The summed E-state index contributed by atoms with van der Waals surface area (Å²) in [6.07, 6.45) is 9.23. The number of carbonyl (C=O) groups excluding carboxylic acids is 2. The van der Waals surface area contributed by atoms with Crippen molar-refractivity contribution in [2.45, 2.75) is 110 Å². The first-order valence-corrected chi connectivity index (χ1v) is 13.8. The van der Waals surface area contributed by atoms with E-state index in [0.29, 0.717) is 18.3 Å². The van der Waals surface area contributed by atoms with Crippen LogP contribution in [0.3, 0.4) is 0 Å². The van der Waals surface area contributed by atoms with Crippen molar-refractivity contribution in [3.8, 4) is 0 Å². The van der Waals surface area contributed by atoms with Gasteiger partial charge in [-0.05, 0) is 100 Å². The predicted molar refractivity (Wildman–Crippen MR) is 138 cm³/mol. The Morgan fingerprint density at radius 3 is 2.44 bits per heavy atom. The molecule has 0 spiro atoms. The summed E-state index contributed by atoms with van der Waals surface area (Å²) in [4.78, 5) is 24.1. The Hall–Kier alpha value is -1.50. The van der Waals surface area contributed by atoms with Crippen LogP contribution in [0.15, 0.2) is 23.8 Å². The highest BCUT2D eigenvalue weighted by atomic mass is 16.5. The Kier molecular flexibility index (Phi) is 6.93. The van der Waals surface area contributed by atoms with Crippen LogP contribution in [0.4, 0.5) is 0 Å². The van der Waals surface area contributed by atoms with E-state index in [9.17, 15) is 24.9 Å². The quantitative estimate of drug-likeness (QED) is 0.466. The van der Waals surface area contributed by atoms with Gasteiger partial charge in [0.15, 0.2) is 5.78 Å². The summed E-state index contributed by atoms with van der Waals surface area (Å²) < 4.78 is 5.80. The lowest BCUT2D eigenvalue weighted by molar-refractivity contribution is -0.172. The molecule has 4 aliphatic carbocycles. The van der Waals surface area contributed by atoms with E-state index in [1.807, 2.05) is 0 Å². The summed E-state index contributed by atoms with van der Waals surface area (Å²) in [5.41, 5.74) is -1.90. The van der Waals surface area contributed by atoms with Crippen LogP contribution in [0.2, 0.25) is 0 Å². The molecule has 0 heterocycles. The normalized spacial score (nSPS) is 41.3. The number of esters is 1. The van der Waals surface area contributed by atoms with Crippen LogP contribution in [0.5, 0.6) is 0 Å². The fourth-order valence-corrected chi connectivity index (χ4v) is 8.52. The minimum Gasteiger partial charge on any atom is -0.462 e. The number of ether oxygens (including phenoxy) is 1. The third-order valence-corrected chi connectivity index (χ3v) is 11.1. The third kappa shape index (κ3) is 4.41. The van der Waals surface area contributed by atoms with Crippen molar-refractivity contribution in [2.75, 3.05) is 0 Å². The van der Waals surface area contributed by atoms with Crippen LogP contribution >= 0.6 is 0 Å². The van der Waals surface area contributed by atoms with E-state index in [2.05, 4.69) is 26.8 Å².